The zero-order valence-corrected chi connectivity index (χ0v) is 21.5. The van der Waals surface area contributed by atoms with E-state index in [0.29, 0.717) is 22.4 Å². The van der Waals surface area contributed by atoms with Crippen LogP contribution < -0.4 is 0 Å². The van der Waals surface area contributed by atoms with Crippen molar-refractivity contribution in [3.05, 3.63) is 59.3 Å². The molecule has 0 amide bonds. The maximum Gasteiger partial charge on any atom is 0.341 e. The molecule has 1 unspecified atom stereocenters. The Hall–Kier alpha value is -2.65. The molecular weight excluding hydrogens is 472 g/mol. The molecule has 2 fully saturated rings. The molecule has 196 valence electrons. The third-order valence-electron chi connectivity index (χ3n) is 10.2. The summed E-state index contributed by atoms with van der Waals surface area (Å²) >= 11 is 0. The summed E-state index contributed by atoms with van der Waals surface area (Å²) in [4.78, 5) is 13.5. The molecule has 0 aliphatic heterocycles. The zero-order chi connectivity index (χ0) is 26.5. The molecule has 8 heteroatoms. The van der Waals surface area contributed by atoms with Gasteiger partial charge in [0.25, 0.3) is 0 Å². The monoisotopic (exact) mass is 506 g/mol. The number of benzene rings is 1. The van der Waals surface area contributed by atoms with Gasteiger partial charge in [-0.05, 0) is 53.7 Å². The maximum atomic E-state index is 13.5. The fourth-order valence-corrected chi connectivity index (χ4v) is 8.24. The lowest BCUT2D eigenvalue weighted by Crippen LogP contribution is -2.66. The van der Waals surface area contributed by atoms with Crippen molar-refractivity contribution >= 4 is 16.9 Å². The summed E-state index contributed by atoms with van der Waals surface area (Å²) in [6.07, 6.45) is 1.85. The predicted octanol–water partition coefficient (Wildman–Crippen LogP) is 2.41. The van der Waals surface area contributed by atoms with Crippen LogP contribution in [0.2, 0.25) is 0 Å². The number of hydrogen-bond acceptors (Lipinski definition) is 8. The third kappa shape index (κ3) is 3.01. The second kappa shape index (κ2) is 7.93. The number of aliphatic hydroxyl groups is 4. The highest BCUT2D eigenvalue weighted by atomic mass is 16.6. The molecule has 0 saturated heterocycles. The van der Waals surface area contributed by atoms with E-state index in [-0.39, 0.29) is 34.3 Å². The van der Waals surface area contributed by atoms with Crippen LogP contribution in [0.1, 0.15) is 44.5 Å². The summed E-state index contributed by atoms with van der Waals surface area (Å²) in [5.41, 5.74) is -1.83. The van der Waals surface area contributed by atoms with Crippen molar-refractivity contribution in [2.45, 2.75) is 58.0 Å². The average molecular weight is 507 g/mol. The van der Waals surface area contributed by atoms with Crippen molar-refractivity contribution in [3.8, 4) is 0 Å². The SMILES string of the molecule is CC1=C[C@]23C(O)[C@@H](C=C(CO)[C@@H](O)[C@]2(O)[C@H]1OC(=O)c1cnnc2ccccc12)[C@H]1[C@@H](C[C@H]3C)C1(C)C. The van der Waals surface area contributed by atoms with Crippen LogP contribution in [0.15, 0.2) is 53.8 Å². The Kier molecular flexibility index (Phi) is 5.29. The fourth-order valence-electron chi connectivity index (χ4n) is 8.24. The number of ether oxygens (including phenoxy) is 1. The normalized spacial score (nSPS) is 41.6. The molecule has 1 aromatic heterocycles. The number of rotatable bonds is 3. The van der Waals surface area contributed by atoms with Crippen LogP contribution >= 0.6 is 0 Å². The van der Waals surface area contributed by atoms with E-state index in [9.17, 15) is 25.2 Å². The van der Waals surface area contributed by atoms with Gasteiger partial charge in [-0.3, -0.25) is 0 Å². The van der Waals surface area contributed by atoms with Gasteiger partial charge in [0, 0.05) is 11.3 Å². The number of hydrogen-bond donors (Lipinski definition) is 4. The summed E-state index contributed by atoms with van der Waals surface area (Å²) in [7, 11) is 0. The van der Waals surface area contributed by atoms with Gasteiger partial charge in [0.2, 0.25) is 0 Å². The van der Waals surface area contributed by atoms with Crippen LogP contribution in [-0.4, -0.2) is 67.1 Å². The van der Waals surface area contributed by atoms with Gasteiger partial charge in [-0.1, -0.05) is 51.1 Å². The van der Waals surface area contributed by atoms with E-state index in [0.717, 1.165) is 6.42 Å². The highest BCUT2D eigenvalue weighted by molar-refractivity contribution is 6.02. The molecule has 2 saturated carbocycles. The van der Waals surface area contributed by atoms with Gasteiger partial charge in [-0.25, -0.2) is 4.79 Å². The van der Waals surface area contributed by atoms with Gasteiger partial charge >= 0.3 is 5.97 Å². The summed E-state index contributed by atoms with van der Waals surface area (Å²) in [6, 6.07) is 7.07. The van der Waals surface area contributed by atoms with Crippen molar-refractivity contribution in [3.63, 3.8) is 0 Å². The second-order valence-corrected chi connectivity index (χ2v) is 12.1. The first-order chi connectivity index (χ1) is 17.5. The Morgan fingerprint density at radius 1 is 1.22 bits per heavy atom. The Morgan fingerprint density at radius 3 is 2.68 bits per heavy atom. The summed E-state index contributed by atoms with van der Waals surface area (Å²) < 4.78 is 6.01. The van der Waals surface area contributed by atoms with Gasteiger partial charge in [0.15, 0.2) is 6.10 Å². The van der Waals surface area contributed by atoms with E-state index in [1.54, 1.807) is 37.3 Å². The highest BCUT2D eigenvalue weighted by Crippen LogP contribution is 2.72. The number of carbonyl (C=O) groups is 1. The van der Waals surface area contributed by atoms with E-state index in [4.69, 9.17) is 4.74 Å². The average Bonchev–Trinajstić information content (AvgIpc) is 3.37. The molecule has 1 aromatic carbocycles. The quantitative estimate of drug-likeness (QED) is 0.369. The number of aliphatic hydroxyl groups excluding tert-OH is 3. The van der Waals surface area contributed by atoms with E-state index in [2.05, 4.69) is 24.0 Å². The Labute approximate surface area is 215 Å². The minimum Gasteiger partial charge on any atom is -0.451 e. The Bertz CT molecular complexity index is 1350. The maximum absolute atomic E-state index is 13.5. The lowest BCUT2D eigenvalue weighted by molar-refractivity contribution is -0.215. The summed E-state index contributed by atoms with van der Waals surface area (Å²) in [6.45, 7) is 7.64. The minimum absolute atomic E-state index is 0.00459. The first-order valence-corrected chi connectivity index (χ1v) is 13.0. The van der Waals surface area contributed by atoms with Gasteiger partial charge in [-0.2, -0.15) is 10.2 Å². The number of carbonyl (C=O) groups excluding carboxylic acids is 1. The van der Waals surface area contributed by atoms with Crippen molar-refractivity contribution in [2.24, 2.45) is 34.5 Å². The Balaban J connectivity index is 1.47. The molecule has 8 nitrogen and oxygen atoms in total. The van der Waals surface area contributed by atoms with Crippen LogP contribution in [0.25, 0.3) is 10.9 Å². The van der Waals surface area contributed by atoms with Crippen molar-refractivity contribution in [2.75, 3.05) is 6.61 Å². The number of aromatic nitrogens is 2. The second-order valence-electron chi connectivity index (χ2n) is 12.1. The molecular formula is C29H34N2O6. The molecule has 37 heavy (non-hydrogen) atoms. The number of fused-ring (bicyclic) bond motifs is 4. The largest absolute Gasteiger partial charge is 0.451 e. The Morgan fingerprint density at radius 2 is 1.95 bits per heavy atom. The first-order valence-electron chi connectivity index (χ1n) is 13.0. The third-order valence-corrected chi connectivity index (χ3v) is 10.2. The van der Waals surface area contributed by atoms with E-state index in [1.807, 2.05) is 13.0 Å². The number of esters is 1. The predicted molar refractivity (Wildman–Crippen MR) is 135 cm³/mol. The summed E-state index contributed by atoms with van der Waals surface area (Å²) in [5.74, 6) is -0.805. The smallest absolute Gasteiger partial charge is 0.341 e. The number of nitrogens with zero attached hydrogens (tertiary/aromatic N) is 2. The van der Waals surface area contributed by atoms with Crippen molar-refractivity contribution in [1.82, 2.24) is 10.2 Å². The van der Waals surface area contributed by atoms with E-state index >= 15 is 0 Å². The molecule has 4 N–H and O–H groups in total. The molecule has 2 bridgehead atoms. The molecule has 1 spiro atoms. The zero-order valence-electron chi connectivity index (χ0n) is 21.5. The minimum atomic E-state index is -2.08. The van der Waals surface area contributed by atoms with Gasteiger partial charge in [0.1, 0.15) is 11.7 Å². The van der Waals surface area contributed by atoms with Gasteiger partial charge in [-0.15, -0.1) is 0 Å². The lowest BCUT2D eigenvalue weighted by atomic mass is 9.58. The van der Waals surface area contributed by atoms with Crippen LogP contribution in [-0.2, 0) is 4.74 Å². The lowest BCUT2D eigenvalue weighted by Gasteiger charge is -2.52. The topological polar surface area (TPSA) is 133 Å². The molecule has 9 atom stereocenters. The van der Waals surface area contributed by atoms with Crippen molar-refractivity contribution in [1.29, 1.82) is 0 Å². The molecule has 4 aliphatic rings. The standard InChI is InChI=1S/C29H34N2O6/c1-14-11-28-15(2)9-20-22(27(20,3)4)18(24(28)34)10-16(13-32)23(33)29(28,36)25(14)37-26(35)19-12-30-31-21-8-6-5-7-17(19)21/h5-8,10-12,15,18,20,22-25,32-34,36H,9,13H2,1-4H3/t15-,18+,20-,22+,23-,24?,25+,28+,29+/m1/s1. The summed E-state index contributed by atoms with van der Waals surface area (Å²) in [5, 5.41) is 55.1. The van der Waals surface area contributed by atoms with Gasteiger partial charge in [0.05, 0.1) is 35.4 Å². The molecule has 1 heterocycles. The first kappa shape index (κ1) is 24.7. The van der Waals surface area contributed by atoms with Crippen LogP contribution in [0.5, 0.6) is 0 Å². The highest BCUT2D eigenvalue weighted by Gasteiger charge is 2.76. The van der Waals surface area contributed by atoms with E-state index < -0.39 is 41.9 Å². The van der Waals surface area contributed by atoms with Crippen LogP contribution in [0.4, 0.5) is 0 Å². The van der Waals surface area contributed by atoms with Crippen LogP contribution in [0, 0.1) is 34.5 Å². The van der Waals surface area contributed by atoms with E-state index in [1.165, 1.54) is 6.20 Å². The molecule has 2 aromatic rings. The molecule has 0 radical (unpaired) electrons. The van der Waals surface area contributed by atoms with Crippen molar-refractivity contribution < 1.29 is 30.0 Å². The fraction of sp³-hybridized carbons (Fsp3) is 0.552. The molecule has 4 aliphatic carbocycles. The van der Waals surface area contributed by atoms with Crippen LogP contribution in [0.3, 0.4) is 0 Å². The molecule has 6 rings (SSSR count). The van der Waals surface area contributed by atoms with Gasteiger partial charge < -0.3 is 25.2 Å².